The summed E-state index contributed by atoms with van der Waals surface area (Å²) in [7, 11) is 0. The van der Waals surface area contributed by atoms with Crippen LogP contribution in [0.4, 0.5) is 10.1 Å². The van der Waals surface area contributed by atoms with E-state index in [-0.39, 0.29) is 23.7 Å². The van der Waals surface area contributed by atoms with Crippen LogP contribution >= 0.6 is 0 Å². The summed E-state index contributed by atoms with van der Waals surface area (Å²) in [6.45, 7) is 1.14. The highest BCUT2D eigenvalue weighted by Crippen LogP contribution is 2.30. The second-order valence-corrected chi connectivity index (χ2v) is 5.49. The number of carbonyl (C=O) groups is 1. The molecule has 0 radical (unpaired) electrons. The lowest BCUT2D eigenvalue weighted by Gasteiger charge is -2.43. The van der Waals surface area contributed by atoms with Crippen LogP contribution in [0.15, 0.2) is 18.2 Å². The number of morpholine rings is 1. The summed E-state index contributed by atoms with van der Waals surface area (Å²) in [6, 6.07) is 4.09. The highest BCUT2D eigenvalue weighted by molar-refractivity contribution is 5.99. The standard InChI is InChI=1S/C15H19FN2O2/c16-10-5-6-11(12(17)9-10)15(19)18-7-8-20-14-4-2-1-3-13(14)18/h5-6,9,13-14H,1-4,7-8,17H2. The number of nitrogen functional groups attached to an aromatic ring is 1. The third-order valence-electron chi connectivity index (χ3n) is 4.24. The lowest BCUT2D eigenvalue weighted by atomic mass is 9.89. The molecule has 0 spiro atoms. The van der Waals surface area contributed by atoms with Crippen molar-refractivity contribution in [3.8, 4) is 0 Å². The van der Waals surface area contributed by atoms with Crippen LogP contribution in [0.3, 0.4) is 0 Å². The summed E-state index contributed by atoms with van der Waals surface area (Å²) in [5, 5.41) is 0. The van der Waals surface area contributed by atoms with E-state index in [0.29, 0.717) is 18.7 Å². The Kier molecular flexibility index (Phi) is 3.61. The Hall–Kier alpha value is -1.62. The zero-order chi connectivity index (χ0) is 14.1. The molecule has 0 aromatic heterocycles. The molecular formula is C15H19FN2O2. The Morgan fingerprint density at radius 1 is 1.35 bits per heavy atom. The lowest BCUT2D eigenvalue weighted by molar-refractivity contribution is -0.0752. The van der Waals surface area contributed by atoms with Gasteiger partial charge in [0.2, 0.25) is 0 Å². The van der Waals surface area contributed by atoms with E-state index in [4.69, 9.17) is 10.5 Å². The maximum Gasteiger partial charge on any atom is 0.256 e. The maximum atomic E-state index is 13.1. The lowest BCUT2D eigenvalue weighted by Crippen LogP contribution is -2.54. The molecule has 108 valence electrons. The Morgan fingerprint density at radius 3 is 2.95 bits per heavy atom. The van der Waals surface area contributed by atoms with Crippen molar-refractivity contribution >= 4 is 11.6 Å². The number of hydrogen-bond acceptors (Lipinski definition) is 3. The van der Waals surface area contributed by atoms with E-state index in [1.165, 1.54) is 18.2 Å². The van der Waals surface area contributed by atoms with E-state index >= 15 is 0 Å². The summed E-state index contributed by atoms with van der Waals surface area (Å²) >= 11 is 0. The van der Waals surface area contributed by atoms with Crippen molar-refractivity contribution in [1.82, 2.24) is 4.90 Å². The fourth-order valence-electron chi connectivity index (χ4n) is 3.23. The van der Waals surface area contributed by atoms with Crippen LogP contribution in [-0.2, 0) is 4.74 Å². The van der Waals surface area contributed by atoms with Crippen molar-refractivity contribution in [1.29, 1.82) is 0 Å². The van der Waals surface area contributed by atoms with Crippen LogP contribution in [0.5, 0.6) is 0 Å². The smallest absolute Gasteiger partial charge is 0.256 e. The molecule has 1 saturated carbocycles. The van der Waals surface area contributed by atoms with Crippen LogP contribution in [0.1, 0.15) is 36.0 Å². The van der Waals surface area contributed by atoms with E-state index < -0.39 is 5.82 Å². The van der Waals surface area contributed by atoms with Crippen molar-refractivity contribution in [2.24, 2.45) is 0 Å². The molecule has 1 aromatic carbocycles. The van der Waals surface area contributed by atoms with Crippen molar-refractivity contribution in [3.05, 3.63) is 29.6 Å². The van der Waals surface area contributed by atoms with Crippen LogP contribution in [0.25, 0.3) is 0 Å². The zero-order valence-corrected chi connectivity index (χ0v) is 11.3. The predicted octanol–water partition coefficient (Wildman–Crippen LogP) is 2.19. The average Bonchev–Trinajstić information content (AvgIpc) is 2.46. The maximum absolute atomic E-state index is 13.1. The number of hydrogen-bond donors (Lipinski definition) is 1. The number of amides is 1. The number of nitrogens with two attached hydrogens (primary N) is 1. The molecule has 2 N–H and O–H groups in total. The fraction of sp³-hybridized carbons (Fsp3) is 0.533. The van der Waals surface area contributed by atoms with Gasteiger partial charge in [-0.25, -0.2) is 4.39 Å². The van der Waals surface area contributed by atoms with E-state index in [1.54, 1.807) is 0 Å². The number of halogens is 1. The first-order valence-electron chi connectivity index (χ1n) is 7.14. The molecule has 1 amide bonds. The van der Waals surface area contributed by atoms with Gasteiger partial charge in [0.15, 0.2) is 0 Å². The van der Waals surface area contributed by atoms with Gasteiger partial charge in [0.25, 0.3) is 5.91 Å². The molecule has 1 heterocycles. The van der Waals surface area contributed by atoms with Gasteiger partial charge in [0.05, 0.1) is 24.3 Å². The SMILES string of the molecule is Nc1cc(F)ccc1C(=O)N1CCOC2CCCCC21. The molecular weight excluding hydrogens is 259 g/mol. The van der Waals surface area contributed by atoms with Gasteiger partial charge in [-0.05, 0) is 31.0 Å². The number of benzene rings is 1. The third kappa shape index (κ3) is 2.38. The molecule has 3 rings (SSSR count). The zero-order valence-electron chi connectivity index (χ0n) is 11.3. The molecule has 1 saturated heterocycles. The predicted molar refractivity (Wildman–Crippen MR) is 73.8 cm³/mol. The molecule has 1 aromatic rings. The number of anilines is 1. The van der Waals surface area contributed by atoms with Gasteiger partial charge in [-0.15, -0.1) is 0 Å². The van der Waals surface area contributed by atoms with Crippen molar-refractivity contribution in [3.63, 3.8) is 0 Å². The minimum absolute atomic E-state index is 0.109. The molecule has 20 heavy (non-hydrogen) atoms. The quantitative estimate of drug-likeness (QED) is 0.801. The topological polar surface area (TPSA) is 55.6 Å². The minimum atomic E-state index is -0.420. The van der Waals surface area contributed by atoms with Gasteiger partial charge in [-0.1, -0.05) is 12.8 Å². The second kappa shape index (κ2) is 5.40. The van der Waals surface area contributed by atoms with Gasteiger partial charge >= 0.3 is 0 Å². The van der Waals surface area contributed by atoms with Crippen molar-refractivity contribution < 1.29 is 13.9 Å². The number of rotatable bonds is 1. The van der Waals surface area contributed by atoms with E-state index in [2.05, 4.69) is 0 Å². The van der Waals surface area contributed by atoms with Crippen molar-refractivity contribution in [2.75, 3.05) is 18.9 Å². The molecule has 5 heteroatoms. The van der Waals surface area contributed by atoms with E-state index in [9.17, 15) is 9.18 Å². The highest BCUT2D eigenvalue weighted by atomic mass is 19.1. The molecule has 4 nitrogen and oxygen atoms in total. The Bertz CT molecular complexity index is 519. The molecule has 1 aliphatic carbocycles. The first kappa shape index (κ1) is 13.4. The monoisotopic (exact) mass is 278 g/mol. The Balaban J connectivity index is 1.85. The first-order chi connectivity index (χ1) is 9.66. The van der Waals surface area contributed by atoms with E-state index in [0.717, 1.165) is 25.7 Å². The summed E-state index contributed by atoms with van der Waals surface area (Å²) < 4.78 is 18.9. The van der Waals surface area contributed by atoms with Gasteiger partial charge in [0, 0.05) is 12.2 Å². The largest absolute Gasteiger partial charge is 0.398 e. The van der Waals surface area contributed by atoms with Crippen LogP contribution in [0, 0.1) is 5.82 Å². The van der Waals surface area contributed by atoms with Gasteiger partial charge in [-0.2, -0.15) is 0 Å². The normalized spacial score (nSPS) is 26.1. The second-order valence-electron chi connectivity index (χ2n) is 5.49. The van der Waals surface area contributed by atoms with Gasteiger partial charge < -0.3 is 15.4 Å². The van der Waals surface area contributed by atoms with Crippen LogP contribution < -0.4 is 5.73 Å². The number of nitrogens with zero attached hydrogens (tertiary/aromatic N) is 1. The molecule has 2 unspecified atom stereocenters. The number of fused-ring (bicyclic) bond motifs is 1. The molecule has 2 aliphatic rings. The summed E-state index contributed by atoms with van der Waals surface area (Å²) in [6.07, 6.45) is 4.39. The molecule has 2 atom stereocenters. The van der Waals surface area contributed by atoms with Gasteiger partial charge in [0.1, 0.15) is 5.82 Å². The van der Waals surface area contributed by atoms with Crippen LogP contribution in [0.2, 0.25) is 0 Å². The van der Waals surface area contributed by atoms with Gasteiger partial charge in [-0.3, -0.25) is 4.79 Å². The molecule has 1 aliphatic heterocycles. The summed E-state index contributed by atoms with van der Waals surface area (Å²) in [5.41, 5.74) is 6.37. The Morgan fingerprint density at radius 2 is 2.15 bits per heavy atom. The summed E-state index contributed by atoms with van der Waals surface area (Å²) in [4.78, 5) is 14.5. The molecule has 2 fully saturated rings. The minimum Gasteiger partial charge on any atom is -0.398 e. The first-order valence-corrected chi connectivity index (χ1v) is 7.14. The fourth-order valence-corrected chi connectivity index (χ4v) is 3.23. The summed E-state index contributed by atoms with van der Waals surface area (Å²) in [5.74, 6) is -0.528. The van der Waals surface area contributed by atoms with Crippen LogP contribution in [-0.4, -0.2) is 36.1 Å². The number of ether oxygens (including phenoxy) is 1. The van der Waals surface area contributed by atoms with Crippen molar-refractivity contribution in [2.45, 2.75) is 37.8 Å². The van der Waals surface area contributed by atoms with E-state index in [1.807, 2.05) is 4.90 Å². The average molecular weight is 278 g/mol. The highest BCUT2D eigenvalue weighted by Gasteiger charge is 2.37. The number of carbonyl (C=O) groups excluding carboxylic acids is 1. The molecule has 0 bridgehead atoms. The Labute approximate surface area is 117 Å². The third-order valence-corrected chi connectivity index (χ3v) is 4.24.